The molecule has 0 radical (unpaired) electrons. The number of carbonyl (C=O) groups is 1. The van der Waals surface area contributed by atoms with Crippen LogP contribution in [0, 0.1) is 0 Å². The molecule has 1 aromatic carbocycles. The van der Waals surface area contributed by atoms with Gasteiger partial charge in [-0.3, -0.25) is 4.79 Å². The third kappa shape index (κ3) is 4.62. The van der Waals surface area contributed by atoms with Gasteiger partial charge in [-0.25, -0.2) is 9.97 Å². The minimum Gasteiger partial charge on any atom is -0.355 e. The van der Waals surface area contributed by atoms with Gasteiger partial charge in [0.2, 0.25) is 0 Å². The Kier molecular flexibility index (Phi) is 5.80. The fourth-order valence-electron chi connectivity index (χ4n) is 2.23. The summed E-state index contributed by atoms with van der Waals surface area (Å²) < 4.78 is 0. The van der Waals surface area contributed by atoms with Gasteiger partial charge in [0.05, 0.1) is 5.75 Å². The van der Waals surface area contributed by atoms with Crippen LogP contribution in [-0.2, 0) is 0 Å². The molecule has 1 aromatic heterocycles. The summed E-state index contributed by atoms with van der Waals surface area (Å²) in [7, 11) is 0. The van der Waals surface area contributed by atoms with Crippen molar-refractivity contribution in [2.24, 2.45) is 0 Å². The van der Waals surface area contributed by atoms with Gasteiger partial charge in [-0.05, 0) is 24.3 Å². The van der Waals surface area contributed by atoms with Crippen molar-refractivity contribution in [2.75, 3.05) is 35.2 Å². The molecule has 0 spiro atoms. The smallest absolute Gasteiger partial charge is 0.173 e. The second-order valence-corrected chi connectivity index (χ2v) is 7.69. The maximum absolute atomic E-state index is 12.2. The number of carbonyl (C=O) groups excluding carboxylic acids is 1. The molecule has 1 aliphatic rings. The van der Waals surface area contributed by atoms with E-state index < -0.39 is 0 Å². The number of aromatic nitrogens is 2. The highest BCUT2D eigenvalue weighted by Crippen LogP contribution is 2.23. The first-order chi connectivity index (χ1) is 11.2. The molecule has 120 valence electrons. The average molecular weight is 366 g/mol. The highest BCUT2D eigenvalue weighted by Gasteiger charge is 2.14. The molecular weight excluding hydrogens is 350 g/mol. The summed E-state index contributed by atoms with van der Waals surface area (Å²) in [4.78, 5) is 23.1. The summed E-state index contributed by atoms with van der Waals surface area (Å²) in [5.41, 5.74) is 0.671. The minimum absolute atomic E-state index is 0.0706. The highest BCUT2D eigenvalue weighted by molar-refractivity contribution is 8.00. The van der Waals surface area contributed by atoms with Gasteiger partial charge >= 0.3 is 0 Å². The van der Waals surface area contributed by atoms with Crippen LogP contribution < -0.4 is 4.90 Å². The largest absolute Gasteiger partial charge is 0.355 e. The van der Waals surface area contributed by atoms with Crippen molar-refractivity contribution in [1.82, 2.24) is 9.97 Å². The summed E-state index contributed by atoms with van der Waals surface area (Å²) in [5, 5.41) is 1.46. The molecule has 0 saturated carbocycles. The summed E-state index contributed by atoms with van der Waals surface area (Å²) in [6.45, 7) is 2.02. The lowest BCUT2D eigenvalue weighted by Gasteiger charge is -2.27. The quantitative estimate of drug-likeness (QED) is 0.458. The van der Waals surface area contributed by atoms with Crippen LogP contribution in [0.5, 0.6) is 0 Å². The van der Waals surface area contributed by atoms with E-state index >= 15 is 0 Å². The van der Waals surface area contributed by atoms with Crippen LogP contribution in [0.15, 0.2) is 41.7 Å². The molecule has 0 amide bonds. The zero-order valence-corrected chi connectivity index (χ0v) is 14.8. The van der Waals surface area contributed by atoms with E-state index in [-0.39, 0.29) is 5.78 Å². The van der Waals surface area contributed by atoms with Gasteiger partial charge in [-0.2, -0.15) is 11.8 Å². The Morgan fingerprint density at radius 2 is 1.96 bits per heavy atom. The topological polar surface area (TPSA) is 46.1 Å². The highest BCUT2D eigenvalue weighted by atomic mass is 35.5. The number of hydrogen-bond acceptors (Lipinski definition) is 6. The lowest BCUT2D eigenvalue weighted by atomic mass is 10.1. The van der Waals surface area contributed by atoms with Gasteiger partial charge in [0.1, 0.15) is 17.2 Å². The summed E-state index contributed by atoms with van der Waals surface area (Å²) in [6.07, 6.45) is 1.58. The van der Waals surface area contributed by atoms with Crippen molar-refractivity contribution in [1.29, 1.82) is 0 Å². The molecule has 1 saturated heterocycles. The molecule has 0 bridgehead atoms. The minimum atomic E-state index is 0.0706. The first kappa shape index (κ1) is 16.6. The van der Waals surface area contributed by atoms with Crippen molar-refractivity contribution in [3.8, 4) is 0 Å². The Labute approximate surface area is 149 Å². The number of nitrogens with zero attached hydrogens (tertiary/aromatic N) is 3. The van der Waals surface area contributed by atoms with Crippen LogP contribution in [0.4, 0.5) is 5.82 Å². The van der Waals surface area contributed by atoms with Crippen LogP contribution >= 0.6 is 35.1 Å². The Morgan fingerprint density at radius 3 is 2.70 bits per heavy atom. The number of thioether (sulfide) groups is 2. The third-order valence-electron chi connectivity index (χ3n) is 3.48. The molecule has 0 atom stereocenters. The number of ketones is 1. The van der Waals surface area contributed by atoms with Crippen molar-refractivity contribution in [3.63, 3.8) is 0 Å². The van der Waals surface area contributed by atoms with E-state index in [2.05, 4.69) is 14.9 Å². The molecule has 2 aromatic rings. The fourth-order valence-corrected chi connectivity index (χ4v) is 4.02. The van der Waals surface area contributed by atoms with Crippen molar-refractivity contribution >= 4 is 46.7 Å². The maximum Gasteiger partial charge on any atom is 0.173 e. The van der Waals surface area contributed by atoms with E-state index in [9.17, 15) is 4.79 Å². The van der Waals surface area contributed by atoms with E-state index in [0.29, 0.717) is 16.3 Å². The predicted octanol–water partition coefficient (Wildman–Crippen LogP) is 3.66. The molecule has 2 heterocycles. The molecule has 0 aliphatic carbocycles. The average Bonchev–Trinajstić information content (AvgIpc) is 2.61. The lowest BCUT2D eigenvalue weighted by Crippen LogP contribution is -2.33. The number of hydrogen-bond donors (Lipinski definition) is 0. The molecular formula is C16H16ClN3OS2. The standard InChI is InChI=1S/C16H16ClN3OS2/c17-13-3-1-12(2-4-13)14(21)10-23-16-9-15(18-11-19-16)20-5-7-22-8-6-20/h1-4,9,11H,5-8,10H2. The Morgan fingerprint density at radius 1 is 1.22 bits per heavy atom. The zero-order valence-electron chi connectivity index (χ0n) is 12.4. The van der Waals surface area contributed by atoms with Crippen LogP contribution in [0.3, 0.4) is 0 Å². The van der Waals surface area contributed by atoms with Gasteiger partial charge in [0, 0.05) is 41.2 Å². The van der Waals surface area contributed by atoms with Gasteiger partial charge in [0.15, 0.2) is 5.78 Å². The zero-order chi connectivity index (χ0) is 16.1. The number of Topliss-reactive ketones (excluding diaryl/α,β-unsaturated/α-hetero) is 1. The van der Waals surface area contributed by atoms with Gasteiger partial charge in [-0.1, -0.05) is 23.4 Å². The monoisotopic (exact) mass is 365 g/mol. The van der Waals surface area contributed by atoms with Crippen LogP contribution in [0.2, 0.25) is 5.02 Å². The van der Waals surface area contributed by atoms with Crippen LogP contribution in [0.25, 0.3) is 0 Å². The van der Waals surface area contributed by atoms with Crippen LogP contribution in [0.1, 0.15) is 10.4 Å². The predicted molar refractivity (Wildman–Crippen MR) is 98.1 cm³/mol. The van der Waals surface area contributed by atoms with Crippen molar-refractivity contribution in [3.05, 3.63) is 47.2 Å². The first-order valence-corrected chi connectivity index (χ1v) is 9.80. The number of halogens is 1. The number of anilines is 1. The molecule has 1 fully saturated rings. The first-order valence-electron chi connectivity index (χ1n) is 7.29. The van der Waals surface area contributed by atoms with E-state index in [1.165, 1.54) is 11.8 Å². The Hall–Kier alpha value is -1.24. The number of rotatable bonds is 5. The normalized spacial score (nSPS) is 14.7. The number of benzene rings is 1. The molecule has 1 aliphatic heterocycles. The molecule has 4 nitrogen and oxygen atoms in total. The van der Waals surface area contributed by atoms with Gasteiger partial charge in [-0.15, -0.1) is 0 Å². The van der Waals surface area contributed by atoms with Crippen molar-refractivity contribution in [2.45, 2.75) is 5.03 Å². The lowest BCUT2D eigenvalue weighted by molar-refractivity contribution is 0.102. The SMILES string of the molecule is O=C(CSc1cc(N2CCSCC2)ncn1)c1ccc(Cl)cc1. The molecule has 7 heteroatoms. The van der Waals surface area contributed by atoms with Crippen molar-refractivity contribution < 1.29 is 4.79 Å². The Balaban J connectivity index is 1.61. The molecule has 0 unspecified atom stereocenters. The van der Waals surface area contributed by atoms with E-state index in [0.717, 1.165) is 35.4 Å². The second kappa shape index (κ2) is 8.04. The maximum atomic E-state index is 12.2. The molecule has 0 N–H and O–H groups in total. The molecule has 3 rings (SSSR count). The van der Waals surface area contributed by atoms with Gasteiger partial charge in [0.25, 0.3) is 0 Å². The Bertz CT molecular complexity index is 675. The van der Waals surface area contributed by atoms with Gasteiger partial charge < -0.3 is 4.90 Å². The van der Waals surface area contributed by atoms with E-state index in [1.807, 2.05) is 17.8 Å². The van der Waals surface area contributed by atoms with E-state index in [1.54, 1.807) is 30.6 Å². The van der Waals surface area contributed by atoms with Crippen LogP contribution in [-0.4, -0.2) is 46.1 Å². The van der Waals surface area contributed by atoms with E-state index in [4.69, 9.17) is 11.6 Å². The summed E-state index contributed by atoms with van der Waals surface area (Å²) in [5.74, 6) is 3.62. The second-order valence-electron chi connectivity index (χ2n) is 5.03. The summed E-state index contributed by atoms with van der Waals surface area (Å²) >= 11 is 9.25. The fraction of sp³-hybridized carbons (Fsp3) is 0.312. The third-order valence-corrected chi connectivity index (χ3v) is 5.60. The summed E-state index contributed by atoms with van der Waals surface area (Å²) in [6, 6.07) is 8.94. The molecule has 23 heavy (non-hydrogen) atoms.